The Balaban J connectivity index is 2.59. The predicted octanol–water partition coefficient (Wildman–Crippen LogP) is -0.0696. The van der Waals surface area contributed by atoms with E-state index in [0.29, 0.717) is 18.2 Å². The summed E-state index contributed by atoms with van der Waals surface area (Å²) in [5, 5.41) is 13.4. The zero-order chi connectivity index (χ0) is 15.8. The fourth-order valence-corrected chi connectivity index (χ4v) is 1.41. The molecule has 21 heavy (non-hydrogen) atoms. The van der Waals surface area contributed by atoms with Crippen LogP contribution in [0.4, 0.5) is 10.5 Å². The summed E-state index contributed by atoms with van der Waals surface area (Å²) in [4.78, 5) is 37.1. The third kappa shape index (κ3) is 5.76. The summed E-state index contributed by atoms with van der Waals surface area (Å²) >= 11 is 0. The maximum Gasteiger partial charge on any atom is 0.326 e. The third-order valence-corrected chi connectivity index (χ3v) is 2.30. The summed E-state index contributed by atoms with van der Waals surface area (Å²) in [7, 11) is 0. The molecule has 114 valence electrons. The van der Waals surface area contributed by atoms with Gasteiger partial charge in [0.05, 0.1) is 24.9 Å². The molecule has 0 radical (unpaired) electrons. The molecule has 1 aromatic rings. The second kappa shape index (κ2) is 7.68. The van der Waals surface area contributed by atoms with Gasteiger partial charge in [0.25, 0.3) is 0 Å². The summed E-state index contributed by atoms with van der Waals surface area (Å²) < 4.78 is 5.14. The number of urea groups is 1. The molecule has 0 aromatic carbocycles. The summed E-state index contributed by atoms with van der Waals surface area (Å²) in [6.07, 6.45) is 0.860. The minimum atomic E-state index is -1.39. The third-order valence-electron chi connectivity index (χ3n) is 2.30. The number of anilines is 1. The van der Waals surface area contributed by atoms with Gasteiger partial charge in [0.2, 0.25) is 11.8 Å². The van der Waals surface area contributed by atoms with E-state index in [1.807, 2.05) is 6.92 Å². The molecule has 0 aliphatic heterocycles. The van der Waals surface area contributed by atoms with E-state index in [4.69, 9.17) is 15.6 Å². The van der Waals surface area contributed by atoms with Gasteiger partial charge in [0, 0.05) is 6.07 Å². The second-order valence-electron chi connectivity index (χ2n) is 3.98. The van der Waals surface area contributed by atoms with Crippen molar-refractivity contribution in [3.8, 4) is 5.88 Å². The maximum atomic E-state index is 11.6. The number of hydrogen-bond acceptors (Lipinski definition) is 5. The fraction of sp³-hybridized carbons (Fsp3) is 0.333. The molecular weight excluding hydrogens is 280 g/mol. The van der Waals surface area contributed by atoms with Gasteiger partial charge < -0.3 is 26.2 Å². The monoisotopic (exact) mass is 296 g/mol. The van der Waals surface area contributed by atoms with Crippen molar-refractivity contribution in [1.29, 1.82) is 0 Å². The second-order valence-corrected chi connectivity index (χ2v) is 3.98. The molecule has 1 heterocycles. The van der Waals surface area contributed by atoms with E-state index in [2.05, 4.69) is 15.6 Å². The van der Waals surface area contributed by atoms with Crippen LogP contribution >= 0.6 is 0 Å². The van der Waals surface area contributed by atoms with Crippen LogP contribution in [0.2, 0.25) is 0 Å². The number of carbonyl (C=O) groups is 3. The van der Waals surface area contributed by atoms with Gasteiger partial charge in [-0.1, -0.05) is 0 Å². The zero-order valence-electron chi connectivity index (χ0n) is 11.3. The number of amides is 3. The highest BCUT2D eigenvalue weighted by Gasteiger charge is 2.22. The van der Waals surface area contributed by atoms with Crippen LogP contribution < -0.4 is 21.1 Å². The van der Waals surface area contributed by atoms with Crippen LogP contribution in [0.15, 0.2) is 18.3 Å². The molecular formula is C12H16N4O5. The maximum absolute atomic E-state index is 11.6. The lowest BCUT2D eigenvalue weighted by Gasteiger charge is -2.13. The molecule has 3 amide bonds. The summed E-state index contributed by atoms with van der Waals surface area (Å²) in [5.74, 6) is -1.78. The van der Waals surface area contributed by atoms with E-state index < -0.39 is 30.4 Å². The van der Waals surface area contributed by atoms with E-state index >= 15 is 0 Å². The molecule has 0 unspecified atom stereocenters. The Morgan fingerprint density at radius 1 is 1.43 bits per heavy atom. The van der Waals surface area contributed by atoms with E-state index in [9.17, 15) is 14.4 Å². The van der Waals surface area contributed by atoms with Crippen molar-refractivity contribution in [2.24, 2.45) is 5.73 Å². The average molecular weight is 296 g/mol. The van der Waals surface area contributed by atoms with Crippen LogP contribution in [-0.4, -0.2) is 40.6 Å². The standard InChI is InChI=1S/C12H16N4O5/c1-2-21-10-4-3-7(6-14-10)15-12(20)16-8(11(18)19)5-9(13)17/h3-4,6,8H,2,5H2,1H3,(H2,13,17)(H,18,19)(H2,15,16,20)/t8-/m0/s1. The van der Waals surface area contributed by atoms with Gasteiger partial charge >= 0.3 is 12.0 Å². The Morgan fingerprint density at radius 2 is 2.14 bits per heavy atom. The number of nitrogens with one attached hydrogen (secondary N) is 2. The number of primary amides is 1. The molecule has 0 aliphatic carbocycles. The van der Waals surface area contributed by atoms with Crippen molar-refractivity contribution >= 4 is 23.6 Å². The summed E-state index contributed by atoms with van der Waals surface area (Å²) in [5.41, 5.74) is 5.25. The highest BCUT2D eigenvalue weighted by molar-refractivity contribution is 5.93. The Kier molecular flexibility index (Phi) is 5.93. The van der Waals surface area contributed by atoms with Crippen LogP contribution in [0.5, 0.6) is 5.88 Å². The molecule has 0 saturated carbocycles. The van der Waals surface area contributed by atoms with Gasteiger partial charge in [-0.15, -0.1) is 0 Å². The molecule has 5 N–H and O–H groups in total. The largest absolute Gasteiger partial charge is 0.480 e. The number of carboxylic acid groups (broad SMARTS) is 1. The number of aliphatic carboxylic acids is 1. The van der Waals surface area contributed by atoms with Crippen LogP contribution in [0.25, 0.3) is 0 Å². The fourth-order valence-electron chi connectivity index (χ4n) is 1.41. The number of ether oxygens (including phenoxy) is 1. The first kappa shape index (κ1) is 16.2. The topological polar surface area (TPSA) is 144 Å². The number of rotatable bonds is 7. The Hall–Kier alpha value is -2.84. The minimum absolute atomic E-state index is 0.346. The van der Waals surface area contributed by atoms with Crippen LogP contribution in [-0.2, 0) is 9.59 Å². The zero-order valence-corrected chi connectivity index (χ0v) is 11.3. The first-order valence-corrected chi connectivity index (χ1v) is 6.09. The summed E-state index contributed by atoms with van der Waals surface area (Å²) in [6.45, 7) is 2.28. The normalized spacial score (nSPS) is 11.3. The highest BCUT2D eigenvalue weighted by atomic mass is 16.5. The van der Waals surface area contributed by atoms with E-state index in [-0.39, 0.29) is 0 Å². The smallest absolute Gasteiger partial charge is 0.326 e. The van der Waals surface area contributed by atoms with Crippen molar-refractivity contribution in [3.05, 3.63) is 18.3 Å². The van der Waals surface area contributed by atoms with Crippen molar-refractivity contribution < 1.29 is 24.2 Å². The molecule has 1 aromatic heterocycles. The van der Waals surface area contributed by atoms with Crippen LogP contribution in [0.1, 0.15) is 13.3 Å². The molecule has 0 bridgehead atoms. The predicted molar refractivity (Wildman–Crippen MR) is 72.8 cm³/mol. The van der Waals surface area contributed by atoms with Gasteiger partial charge in [0.1, 0.15) is 6.04 Å². The quantitative estimate of drug-likeness (QED) is 0.554. The van der Waals surface area contributed by atoms with Crippen molar-refractivity contribution in [1.82, 2.24) is 10.3 Å². The first-order chi connectivity index (χ1) is 9.92. The van der Waals surface area contributed by atoms with Crippen molar-refractivity contribution in [3.63, 3.8) is 0 Å². The lowest BCUT2D eigenvalue weighted by atomic mass is 10.2. The number of aromatic nitrogens is 1. The first-order valence-electron chi connectivity index (χ1n) is 6.09. The van der Waals surface area contributed by atoms with Gasteiger partial charge in [-0.2, -0.15) is 0 Å². The molecule has 1 rings (SSSR count). The molecule has 0 saturated heterocycles. The van der Waals surface area contributed by atoms with E-state index in [0.717, 1.165) is 0 Å². The molecule has 9 nitrogen and oxygen atoms in total. The number of nitrogens with two attached hydrogens (primary N) is 1. The summed E-state index contributed by atoms with van der Waals surface area (Å²) in [6, 6.07) is 0.923. The highest BCUT2D eigenvalue weighted by Crippen LogP contribution is 2.11. The number of pyridine rings is 1. The average Bonchev–Trinajstić information content (AvgIpc) is 2.40. The molecule has 1 atom stereocenters. The van der Waals surface area contributed by atoms with Crippen molar-refractivity contribution in [2.45, 2.75) is 19.4 Å². The minimum Gasteiger partial charge on any atom is -0.480 e. The Bertz CT molecular complexity index is 517. The lowest BCUT2D eigenvalue weighted by Crippen LogP contribution is -2.45. The van der Waals surface area contributed by atoms with Gasteiger partial charge in [-0.25, -0.2) is 14.6 Å². The Labute approximate surface area is 120 Å². The van der Waals surface area contributed by atoms with E-state index in [1.165, 1.54) is 6.20 Å². The van der Waals surface area contributed by atoms with Gasteiger partial charge in [-0.3, -0.25) is 4.79 Å². The molecule has 0 aliphatic rings. The SMILES string of the molecule is CCOc1ccc(NC(=O)N[C@@H](CC(N)=O)C(=O)O)cn1. The number of carboxylic acids is 1. The number of hydrogen-bond donors (Lipinski definition) is 4. The van der Waals surface area contributed by atoms with E-state index in [1.54, 1.807) is 12.1 Å². The van der Waals surface area contributed by atoms with Crippen molar-refractivity contribution in [2.75, 3.05) is 11.9 Å². The molecule has 0 fully saturated rings. The van der Waals surface area contributed by atoms with Gasteiger partial charge in [-0.05, 0) is 13.0 Å². The Morgan fingerprint density at radius 3 is 2.62 bits per heavy atom. The van der Waals surface area contributed by atoms with Crippen LogP contribution in [0.3, 0.4) is 0 Å². The molecule has 0 spiro atoms. The van der Waals surface area contributed by atoms with Gasteiger partial charge in [0.15, 0.2) is 0 Å². The lowest BCUT2D eigenvalue weighted by molar-refractivity contribution is -0.140. The van der Waals surface area contributed by atoms with Crippen LogP contribution in [0, 0.1) is 0 Å². The number of nitrogens with zero attached hydrogens (tertiary/aromatic N) is 1. The molecule has 9 heteroatoms. The number of carbonyl (C=O) groups excluding carboxylic acids is 2.